The van der Waals surface area contributed by atoms with Crippen molar-refractivity contribution in [2.24, 2.45) is 0 Å². The van der Waals surface area contributed by atoms with E-state index in [-0.39, 0.29) is 11.8 Å². The Morgan fingerprint density at radius 1 is 1.38 bits per heavy atom. The smallest absolute Gasteiger partial charge is 0.251 e. The van der Waals surface area contributed by atoms with Crippen LogP contribution in [0, 0.1) is 0 Å². The lowest BCUT2D eigenvalue weighted by molar-refractivity contribution is -0.122. The molecule has 0 aliphatic carbocycles. The minimum atomic E-state index is -0.403. The minimum Gasteiger partial charge on any atom is -0.354 e. The molecule has 4 heteroatoms. The van der Waals surface area contributed by atoms with E-state index in [1.165, 1.54) is 5.56 Å². The molecule has 1 fully saturated rings. The first-order valence-corrected chi connectivity index (χ1v) is 7.88. The van der Waals surface area contributed by atoms with Crippen LogP contribution in [0.25, 0.3) is 0 Å². The van der Waals surface area contributed by atoms with Crippen LogP contribution in [-0.4, -0.2) is 24.4 Å². The highest BCUT2D eigenvalue weighted by atomic mass is 16.2. The maximum Gasteiger partial charge on any atom is 0.251 e. The van der Waals surface area contributed by atoms with Crippen molar-refractivity contribution in [2.75, 3.05) is 6.54 Å². The van der Waals surface area contributed by atoms with E-state index in [0.29, 0.717) is 18.5 Å². The zero-order valence-electron chi connectivity index (χ0n) is 12.7. The van der Waals surface area contributed by atoms with Crippen molar-refractivity contribution in [1.82, 2.24) is 10.6 Å². The molecule has 1 atom stereocenters. The van der Waals surface area contributed by atoms with E-state index in [1.807, 2.05) is 18.2 Å². The largest absolute Gasteiger partial charge is 0.354 e. The lowest BCUT2D eigenvalue weighted by Gasteiger charge is -2.15. The van der Waals surface area contributed by atoms with Crippen LogP contribution in [0.3, 0.4) is 0 Å². The molecule has 4 nitrogen and oxygen atoms in total. The standard InChI is InChI=1S/C17H24N2O2/c1-2-3-7-13-8-6-9-14(12-13)16(20)19-15-10-4-5-11-18-17(15)21/h6,8-9,12,15H,2-5,7,10-11H2,1H3,(H,18,21)(H,19,20)/t15-/m0/s1. The maximum absolute atomic E-state index is 12.3. The van der Waals surface area contributed by atoms with Gasteiger partial charge in [0.25, 0.3) is 5.91 Å². The lowest BCUT2D eigenvalue weighted by atomic mass is 10.0. The van der Waals surface area contributed by atoms with Crippen LogP contribution in [0.2, 0.25) is 0 Å². The Bertz CT molecular complexity index is 499. The SMILES string of the molecule is CCCCc1cccc(C(=O)N[C@H]2CCCCNC2=O)c1. The number of amides is 2. The van der Waals surface area contributed by atoms with E-state index in [4.69, 9.17) is 0 Å². The van der Waals surface area contributed by atoms with Crippen molar-refractivity contribution >= 4 is 11.8 Å². The third-order valence-electron chi connectivity index (χ3n) is 3.85. The number of carbonyl (C=O) groups is 2. The van der Waals surface area contributed by atoms with Gasteiger partial charge in [0.2, 0.25) is 5.91 Å². The summed E-state index contributed by atoms with van der Waals surface area (Å²) in [6, 6.07) is 7.29. The first-order chi connectivity index (χ1) is 10.2. The third kappa shape index (κ3) is 4.59. The summed E-state index contributed by atoms with van der Waals surface area (Å²) in [6.45, 7) is 2.86. The van der Waals surface area contributed by atoms with Crippen molar-refractivity contribution in [2.45, 2.75) is 51.5 Å². The topological polar surface area (TPSA) is 58.2 Å². The Labute approximate surface area is 126 Å². The van der Waals surface area contributed by atoms with Gasteiger partial charge in [0.15, 0.2) is 0 Å². The highest BCUT2D eigenvalue weighted by Crippen LogP contribution is 2.11. The molecule has 0 saturated carbocycles. The van der Waals surface area contributed by atoms with Gasteiger partial charge in [-0.25, -0.2) is 0 Å². The minimum absolute atomic E-state index is 0.0667. The van der Waals surface area contributed by atoms with Crippen molar-refractivity contribution in [3.8, 4) is 0 Å². The molecule has 0 spiro atoms. The molecule has 1 saturated heterocycles. The zero-order valence-corrected chi connectivity index (χ0v) is 12.7. The number of hydrogen-bond donors (Lipinski definition) is 2. The number of rotatable bonds is 5. The molecule has 1 heterocycles. The lowest BCUT2D eigenvalue weighted by Crippen LogP contribution is -2.45. The van der Waals surface area contributed by atoms with Gasteiger partial charge in [-0.1, -0.05) is 25.5 Å². The fourth-order valence-electron chi connectivity index (χ4n) is 2.57. The van der Waals surface area contributed by atoms with Crippen molar-refractivity contribution in [1.29, 1.82) is 0 Å². The summed E-state index contributed by atoms with van der Waals surface area (Å²) in [7, 11) is 0. The van der Waals surface area contributed by atoms with Crippen molar-refractivity contribution < 1.29 is 9.59 Å². The summed E-state index contributed by atoms with van der Waals surface area (Å²) in [5.74, 6) is -0.224. The molecular weight excluding hydrogens is 264 g/mol. The van der Waals surface area contributed by atoms with Gasteiger partial charge in [0.05, 0.1) is 0 Å². The van der Waals surface area contributed by atoms with Crippen molar-refractivity contribution in [3.05, 3.63) is 35.4 Å². The zero-order chi connectivity index (χ0) is 15.1. The summed E-state index contributed by atoms with van der Waals surface area (Å²) in [4.78, 5) is 24.2. The predicted octanol–water partition coefficient (Wildman–Crippen LogP) is 2.43. The van der Waals surface area contributed by atoms with E-state index in [9.17, 15) is 9.59 Å². The van der Waals surface area contributed by atoms with Crippen LogP contribution >= 0.6 is 0 Å². The molecule has 0 bridgehead atoms. The Balaban J connectivity index is 2.00. The fourth-order valence-corrected chi connectivity index (χ4v) is 2.57. The highest BCUT2D eigenvalue weighted by molar-refractivity contribution is 5.97. The van der Waals surface area contributed by atoms with Crippen LogP contribution in [0.5, 0.6) is 0 Å². The molecule has 1 aromatic rings. The molecule has 2 amide bonds. The molecular formula is C17H24N2O2. The molecule has 1 aliphatic heterocycles. The van der Waals surface area contributed by atoms with Gasteiger partial charge in [0, 0.05) is 12.1 Å². The van der Waals surface area contributed by atoms with Gasteiger partial charge < -0.3 is 10.6 Å². The van der Waals surface area contributed by atoms with Gasteiger partial charge >= 0.3 is 0 Å². The Hall–Kier alpha value is -1.84. The normalized spacial score (nSPS) is 18.7. The van der Waals surface area contributed by atoms with E-state index in [1.54, 1.807) is 6.07 Å². The van der Waals surface area contributed by atoms with Gasteiger partial charge in [-0.05, 0) is 49.8 Å². The van der Waals surface area contributed by atoms with E-state index >= 15 is 0 Å². The molecule has 114 valence electrons. The molecule has 21 heavy (non-hydrogen) atoms. The number of nitrogens with one attached hydrogen (secondary N) is 2. The highest BCUT2D eigenvalue weighted by Gasteiger charge is 2.22. The van der Waals surface area contributed by atoms with E-state index in [0.717, 1.165) is 32.1 Å². The quantitative estimate of drug-likeness (QED) is 0.874. The average molecular weight is 288 g/mol. The van der Waals surface area contributed by atoms with Gasteiger partial charge in [0.1, 0.15) is 6.04 Å². The van der Waals surface area contributed by atoms with Crippen LogP contribution in [0.4, 0.5) is 0 Å². The van der Waals surface area contributed by atoms with E-state index < -0.39 is 6.04 Å². The van der Waals surface area contributed by atoms with Crippen LogP contribution < -0.4 is 10.6 Å². The summed E-state index contributed by atoms with van der Waals surface area (Å²) in [6.07, 6.45) is 5.90. The fraction of sp³-hybridized carbons (Fsp3) is 0.529. The molecule has 1 aromatic carbocycles. The Kier molecular flexibility index (Phi) is 5.78. The van der Waals surface area contributed by atoms with E-state index in [2.05, 4.69) is 17.6 Å². The number of aryl methyl sites for hydroxylation is 1. The molecule has 0 aromatic heterocycles. The summed E-state index contributed by atoms with van der Waals surface area (Å²) in [5.41, 5.74) is 1.82. The molecule has 1 aliphatic rings. The second-order valence-electron chi connectivity index (χ2n) is 5.62. The molecule has 0 radical (unpaired) electrons. The first kappa shape index (κ1) is 15.5. The summed E-state index contributed by atoms with van der Waals surface area (Å²) < 4.78 is 0. The molecule has 2 rings (SSSR count). The molecule has 2 N–H and O–H groups in total. The first-order valence-electron chi connectivity index (χ1n) is 7.88. The average Bonchev–Trinajstić information content (AvgIpc) is 2.70. The van der Waals surface area contributed by atoms with Gasteiger partial charge in [-0.3, -0.25) is 9.59 Å². The maximum atomic E-state index is 12.3. The van der Waals surface area contributed by atoms with Gasteiger partial charge in [-0.2, -0.15) is 0 Å². The Morgan fingerprint density at radius 3 is 3.05 bits per heavy atom. The number of benzene rings is 1. The second-order valence-corrected chi connectivity index (χ2v) is 5.62. The Morgan fingerprint density at radius 2 is 2.24 bits per heavy atom. The van der Waals surface area contributed by atoms with Crippen LogP contribution in [-0.2, 0) is 11.2 Å². The number of unbranched alkanes of at least 4 members (excludes halogenated alkanes) is 1. The van der Waals surface area contributed by atoms with Crippen molar-refractivity contribution in [3.63, 3.8) is 0 Å². The number of hydrogen-bond acceptors (Lipinski definition) is 2. The second kappa shape index (κ2) is 7.81. The van der Waals surface area contributed by atoms with Gasteiger partial charge in [-0.15, -0.1) is 0 Å². The predicted molar refractivity (Wildman–Crippen MR) is 83.2 cm³/mol. The van der Waals surface area contributed by atoms with Crippen LogP contribution in [0.15, 0.2) is 24.3 Å². The summed E-state index contributed by atoms with van der Waals surface area (Å²) >= 11 is 0. The summed E-state index contributed by atoms with van der Waals surface area (Å²) in [5, 5.41) is 5.69. The number of carbonyl (C=O) groups excluding carboxylic acids is 2. The third-order valence-corrected chi connectivity index (χ3v) is 3.85. The van der Waals surface area contributed by atoms with Crippen LogP contribution in [0.1, 0.15) is 54.9 Å². The molecule has 0 unspecified atom stereocenters. The monoisotopic (exact) mass is 288 g/mol.